The van der Waals surface area contributed by atoms with E-state index in [1.54, 1.807) is 0 Å². The highest BCUT2D eigenvalue weighted by molar-refractivity contribution is 5.75. The summed E-state index contributed by atoms with van der Waals surface area (Å²) >= 11 is 0. The fraction of sp³-hybridized carbons (Fsp3) is 0.333. The minimum absolute atomic E-state index is 0.598. The molecule has 0 radical (unpaired) electrons. The smallest absolute Gasteiger partial charge is 0.314 e. The number of rotatable bonds is 2. The second-order valence-electron chi connectivity index (χ2n) is 3.78. The number of H-pyrrole nitrogens is 2. The van der Waals surface area contributed by atoms with Gasteiger partial charge in [-0.2, -0.15) is 0 Å². The average molecular weight is 218 g/mol. The zero-order valence-electron chi connectivity index (χ0n) is 9.39. The molecule has 2 aromatic rings. The van der Waals surface area contributed by atoms with Gasteiger partial charge in [-0.15, -0.1) is 0 Å². The molecule has 4 nitrogen and oxygen atoms in total. The van der Waals surface area contributed by atoms with E-state index in [9.17, 15) is 9.59 Å². The van der Waals surface area contributed by atoms with Crippen LogP contribution in [0.4, 0.5) is 0 Å². The Morgan fingerprint density at radius 2 is 1.25 bits per heavy atom. The van der Waals surface area contributed by atoms with Gasteiger partial charge in [0, 0.05) is 0 Å². The molecule has 0 atom stereocenters. The van der Waals surface area contributed by atoms with E-state index in [0.29, 0.717) is 11.0 Å². The van der Waals surface area contributed by atoms with Gasteiger partial charge in [0.25, 0.3) is 0 Å². The molecule has 0 aliphatic rings. The monoisotopic (exact) mass is 218 g/mol. The molecule has 0 spiro atoms. The Balaban J connectivity index is 2.83. The lowest BCUT2D eigenvalue weighted by atomic mass is 10.0. The molecule has 16 heavy (non-hydrogen) atoms. The van der Waals surface area contributed by atoms with Gasteiger partial charge in [0.15, 0.2) is 0 Å². The Hall–Kier alpha value is -1.84. The maximum Gasteiger partial charge on any atom is 0.314 e. The molecule has 0 bridgehead atoms. The first-order valence-electron chi connectivity index (χ1n) is 5.43. The van der Waals surface area contributed by atoms with Gasteiger partial charge < -0.3 is 9.97 Å². The number of fused-ring (bicyclic) bond motifs is 1. The Morgan fingerprint density at radius 1 is 0.875 bits per heavy atom. The molecule has 84 valence electrons. The van der Waals surface area contributed by atoms with E-state index in [0.717, 1.165) is 12.8 Å². The van der Waals surface area contributed by atoms with Crippen LogP contribution >= 0.6 is 0 Å². The quantitative estimate of drug-likeness (QED) is 0.747. The van der Waals surface area contributed by atoms with E-state index in [-0.39, 0.29) is 0 Å². The lowest BCUT2D eigenvalue weighted by Gasteiger charge is -2.07. The summed E-state index contributed by atoms with van der Waals surface area (Å²) in [7, 11) is 0. The van der Waals surface area contributed by atoms with Gasteiger partial charge in [-0.3, -0.25) is 9.59 Å². The van der Waals surface area contributed by atoms with Gasteiger partial charge in [0.2, 0.25) is 0 Å². The predicted molar refractivity (Wildman–Crippen MR) is 63.9 cm³/mol. The lowest BCUT2D eigenvalue weighted by molar-refractivity contribution is 1.03. The fourth-order valence-corrected chi connectivity index (χ4v) is 1.91. The van der Waals surface area contributed by atoms with Crippen LogP contribution in [0.5, 0.6) is 0 Å². The third kappa shape index (κ3) is 1.66. The largest absolute Gasteiger partial charge is 0.316 e. The summed E-state index contributed by atoms with van der Waals surface area (Å²) in [5, 5.41) is 0. The molecule has 0 aliphatic carbocycles. The molecule has 0 saturated carbocycles. The Bertz CT molecular complexity index is 581. The van der Waals surface area contributed by atoms with Crippen molar-refractivity contribution in [1.29, 1.82) is 0 Å². The van der Waals surface area contributed by atoms with Crippen LogP contribution in [0.15, 0.2) is 21.7 Å². The SMILES string of the molecule is CCc1cc2[nH]c(=O)c(=O)[nH]c2cc1CC. The Labute approximate surface area is 92.3 Å². The maximum absolute atomic E-state index is 11.2. The normalized spacial score (nSPS) is 10.9. The van der Waals surface area contributed by atoms with Crippen LogP contribution in [0.1, 0.15) is 25.0 Å². The van der Waals surface area contributed by atoms with Crippen molar-refractivity contribution in [3.8, 4) is 0 Å². The molecule has 0 saturated heterocycles. The number of aryl methyl sites for hydroxylation is 2. The van der Waals surface area contributed by atoms with Gasteiger partial charge in [-0.05, 0) is 36.1 Å². The van der Waals surface area contributed by atoms with Crippen LogP contribution in [-0.4, -0.2) is 9.97 Å². The van der Waals surface area contributed by atoms with E-state index in [1.165, 1.54) is 11.1 Å². The minimum atomic E-state index is -0.598. The van der Waals surface area contributed by atoms with E-state index in [4.69, 9.17) is 0 Å². The molecule has 0 unspecified atom stereocenters. The summed E-state index contributed by atoms with van der Waals surface area (Å²) in [6, 6.07) is 3.87. The van der Waals surface area contributed by atoms with Gasteiger partial charge in [0.05, 0.1) is 11.0 Å². The Kier molecular flexibility index (Phi) is 2.64. The molecule has 0 aliphatic heterocycles. The second kappa shape index (κ2) is 3.96. The minimum Gasteiger partial charge on any atom is -0.316 e. The number of nitrogens with one attached hydrogen (secondary N) is 2. The fourth-order valence-electron chi connectivity index (χ4n) is 1.91. The van der Waals surface area contributed by atoms with Crippen molar-refractivity contribution < 1.29 is 0 Å². The maximum atomic E-state index is 11.2. The molecular formula is C12H14N2O2. The van der Waals surface area contributed by atoms with Crippen molar-refractivity contribution in [2.45, 2.75) is 26.7 Å². The number of hydrogen-bond acceptors (Lipinski definition) is 2. The van der Waals surface area contributed by atoms with E-state index in [2.05, 4.69) is 23.8 Å². The van der Waals surface area contributed by atoms with Crippen LogP contribution in [0, 0.1) is 0 Å². The first-order chi connectivity index (χ1) is 7.65. The third-order valence-electron chi connectivity index (χ3n) is 2.80. The highest BCUT2D eigenvalue weighted by Crippen LogP contribution is 2.16. The van der Waals surface area contributed by atoms with Crippen LogP contribution in [-0.2, 0) is 12.8 Å². The van der Waals surface area contributed by atoms with Crippen molar-refractivity contribution in [3.63, 3.8) is 0 Å². The number of aromatic nitrogens is 2. The Morgan fingerprint density at radius 3 is 1.56 bits per heavy atom. The highest BCUT2D eigenvalue weighted by atomic mass is 16.2. The summed E-state index contributed by atoms with van der Waals surface area (Å²) in [5.41, 5.74) is 2.60. The van der Waals surface area contributed by atoms with E-state index < -0.39 is 11.1 Å². The van der Waals surface area contributed by atoms with Crippen LogP contribution in [0.25, 0.3) is 11.0 Å². The van der Waals surface area contributed by atoms with Gasteiger partial charge in [0.1, 0.15) is 0 Å². The molecule has 2 N–H and O–H groups in total. The zero-order valence-corrected chi connectivity index (χ0v) is 9.39. The molecule has 2 rings (SSSR count). The highest BCUT2D eigenvalue weighted by Gasteiger charge is 2.04. The summed E-state index contributed by atoms with van der Waals surface area (Å²) in [6.07, 6.45) is 1.83. The topological polar surface area (TPSA) is 65.7 Å². The molecule has 1 heterocycles. The molecule has 0 fully saturated rings. The van der Waals surface area contributed by atoms with Crippen molar-refractivity contribution >= 4 is 11.0 Å². The number of hydrogen-bond donors (Lipinski definition) is 2. The molecule has 4 heteroatoms. The molecule has 1 aromatic heterocycles. The van der Waals surface area contributed by atoms with Crippen molar-refractivity contribution in [2.24, 2.45) is 0 Å². The predicted octanol–water partition coefficient (Wildman–Crippen LogP) is 1.34. The standard InChI is InChI=1S/C12H14N2O2/c1-3-7-5-9-10(6-8(7)4-2)14-12(16)11(15)13-9/h5-6H,3-4H2,1-2H3,(H,13,15)(H,14,16). The number of benzene rings is 1. The zero-order chi connectivity index (χ0) is 11.7. The van der Waals surface area contributed by atoms with Gasteiger partial charge in [-0.25, -0.2) is 0 Å². The summed E-state index contributed by atoms with van der Waals surface area (Å²) in [4.78, 5) is 27.5. The van der Waals surface area contributed by atoms with Gasteiger partial charge >= 0.3 is 11.1 Å². The molecular weight excluding hydrogens is 204 g/mol. The number of aromatic amines is 2. The second-order valence-corrected chi connectivity index (χ2v) is 3.78. The van der Waals surface area contributed by atoms with Crippen LogP contribution in [0.2, 0.25) is 0 Å². The van der Waals surface area contributed by atoms with Crippen molar-refractivity contribution in [1.82, 2.24) is 9.97 Å². The first kappa shape index (κ1) is 10.7. The van der Waals surface area contributed by atoms with E-state index in [1.807, 2.05) is 12.1 Å². The molecule has 1 aromatic carbocycles. The van der Waals surface area contributed by atoms with Gasteiger partial charge in [-0.1, -0.05) is 13.8 Å². The van der Waals surface area contributed by atoms with Crippen LogP contribution < -0.4 is 11.1 Å². The third-order valence-corrected chi connectivity index (χ3v) is 2.80. The average Bonchev–Trinajstić information content (AvgIpc) is 2.29. The summed E-state index contributed by atoms with van der Waals surface area (Å²) in [6.45, 7) is 4.15. The molecule has 0 amide bonds. The van der Waals surface area contributed by atoms with Crippen molar-refractivity contribution in [3.05, 3.63) is 44.0 Å². The van der Waals surface area contributed by atoms with Crippen LogP contribution in [0.3, 0.4) is 0 Å². The summed E-state index contributed by atoms with van der Waals surface area (Å²) in [5.74, 6) is 0. The lowest BCUT2D eigenvalue weighted by Crippen LogP contribution is -2.29. The van der Waals surface area contributed by atoms with E-state index >= 15 is 0 Å². The first-order valence-corrected chi connectivity index (χ1v) is 5.43. The van der Waals surface area contributed by atoms with Crippen molar-refractivity contribution in [2.75, 3.05) is 0 Å². The summed E-state index contributed by atoms with van der Waals surface area (Å²) < 4.78 is 0.